The number of nitrogens with zero attached hydrogens (tertiary/aromatic N) is 1. The van der Waals surface area contributed by atoms with E-state index in [1.54, 1.807) is 11.8 Å². The maximum Gasteiger partial charge on any atom is 0.265 e. The Bertz CT molecular complexity index is 859. The van der Waals surface area contributed by atoms with E-state index >= 15 is 0 Å². The van der Waals surface area contributed by atoms with Crippen molar-refractivity contribution in [3.8, 4) is 5.75 Å². The fourth-order valence-corrected chi connectivity index (χ4v) is 3.35. The van der Waals surface area contributed by atoms with Crippen LogP contribution in [0.15, 0.2) is 42.5 Å². The molecule has 2 amide bonds. The van der Waals surface area contributed by atoms with Crippen molar-refractivity contribution in [2.75, 3.05) is 16.8 Å². The summed E-state index contributed by atoms with van der Waals surface area (Å²) in [5.41, 5.74) is 3.74. The Hall–Kier alpha value is -2.82. The molecule has 5 nitrogen and oxygen atoms in total. The Morgan fingerprint density at radius 3 is 2.43 bits per heavy atom. The van der Waals surface area contributed by atoms with Gasteiger partial charge in [0.2, 0.25) is 5.91 Å². The summed E-state index contributed by atoms with van der Waals surface area (Å²) < 4.78 is 5.98. The van der Waals surface area contributed by atoms with Crippen LogP contribution in [-0.2, 0) is 9.59 Å². The SMILES string of the molecule is Cc1ccc(C(C)C)c(O[C@@H](C)C(=O)Nc2ccc(N3CCCC3=O)cc2)c1. The largest absolute Gasteiger partial charge is 0.481 e. The molecule has 3 rings (SSSR count). The van der Waals surface area contributed by atoms with Crippen molar-refractivity contribution in [2.24, 2.45) is 0 Å². The lowest BCUT2D eigenvalue weighted by Gasteiger charge is -2.20. The van der Waals surface area contributed by atoms with Gasteiger partial charge in [0.25, 0.3) is 5.91 Å². The molecule has 1 saturated heterocycles. The minimum atomic E-state index is -0.626. The number of hydrogen-bond acceptors (Lipinski definition) is 3. The molecule has 2 aromatic rings. The molecule has 28 heavy (non-hydrogen) atoms. The number of nitrogens with one attached hydrogen (secondary N) is 1. The molecular formula is C23H28N2O3. The van der Waals surface area contributed by atoms with Gasteiger partial charge in [0.05, 0.1) is 0 Å². The Balaban J connectivity index is 1.65. The average Bonchev–Trinajstić information content (AvgIpc) is 3.08. The quantitative estimate of drug-likeness (QED) is 0.793. The first-order valence-corrected chi connectivity index (χ1v) is 9.83. The number of carbonyl (C=O) groups excluding carboxylic acids is 2. The Kier molecular flexibility index (Phi) is 6.02. The summed E-state index contributed by atoms with van der Waals surface area (Å²) in [6, 6.07) is 13.4. The third kappa shape index (κ3) is 4.53. The lowest BCUT2D eigenvalue weighted by Crippen LogP contribution is -2.30. The molecule has 0 aromatic heterocycles. The van der Waals surface area contributed by atoms with Crippen molar-refractivity contribution in [1.82, 2.24) is 0 Å². The van der Waals surface area contributed by atoms with E-state index < -0.39 is 6.10 Å². The van der Waals surface area contributed by atoms with Crippen LogP contribution in [0.2, 0.25) is 0 Å². The van der Waals surface area contributed by atoms with Gasteiger partial charge in [-0.3, -0.25) is 9.59 Å². The van der Waals surface area contributed by atoms with E-state index in [1.165, 1.54) is 0 Å². The lowest BCUT2D eigenvalue weighted by molar-refractivity contribution is -0.122. The number of aryl methyl sites for hydroxylation is 1. The van der Waals surface area contributed by atoms with Crippen LogP contribution in [0, 0.1) is 6.92 Å². The highest BCUT2D eigenvalue weighted by atomic mass is 16.5. The van der Waals surface area contributed by atoms with E-state index in [4.69, 9.17) is 4.74 Å². The molecule has 1 heterocycles. The maximum atomic E-state index is 12.6. The van der Waals surface area contributed by atoms with Crippen molar-refractivity contribution in [1.29, 1.82) is 0 Å². The molecular weight excluding hydrogens is 352 g/mol. The zero-order chi connectivity index (χ0) is 20.3. The van der Waals surface area contributed by atoms with Gasteiger partial charge in [0.1, 0.15) is 5.75 Å². The molecule has 2 aromatic carbocycles. The molecule has 0 unspecified atom stereocenters. The topological polar surface area (TPSA) is 58.6 Å². The number of amides is 2. The number of benzene rings is 2. The first kappa shape index (κ1) is 19.9. The molecule has 5 heteroatoms. The minimum absolute atomic E-state index is 0.151. The van der Waals surface area contributed by atoms with Crippen molar-refractivity contribution in [3.05, 3.63) is 53.6 Å². The zero-order valence-electron chi connectivity index (χ0n) is 17.0. The van der Waals surface area contributed by atoms with Crippen LogP contribution < -0.4 is 15.0 Å². The molecule has 1 aliphatic heterocycles. The second-order valence-electron chi connectivity index (χ2n) is 7.64. The van der Waals surface area contributed by atoms with E-state index in [2.05, 4.69) is 31.3 Å². The van der Waals surface area contributed by atoms with Crippen molar-refractivity contribution < 1.29 is 14.3 Å². The smallest absolute Gasteiger partial charge is 0.265 e. The van der Waals surface area contributed by atoms with Crippen LogP contribution in [0.25, 0.3) is 0 Å². The summed E-state index contributed by atoms with van der Waals surface area (Å²) in [4.78, 5) is 26.2. The number of carbonyl (C=O) groups is 2. The van der Waals surface area contributed by atoms with Crippen molar-refractivity contribution in [3.63, 3.8) is 0 Å². The first-order chi connectivity index (χ1) is 13.3. The Morgan fingerprint density at radius 1 is 1.11 bits per heavy atom. The second-order valence-corrected chi connectivity index (χ2v) is 7.64. The third-order valence-corrected chi connectivity index (χ3v) is 4.98. The molecule has 1 N–H and O–H groups in total. The van der Waals surface area contributed by atoms with Crippen molar-refractivity contribution >= 4 is 23.2 Å². The molecule has 148 valence electrons. The molecule has 1 fully saturated rings. The van der Waals surface area contributed by atoms with Crippen molar-refractivity contribution in [2.45, 2.75) is 52.6 Å². The average molecular weight is 380 g/mol. The van der Waals surface area contributed by atoms with Gasteiger partial charge in [-0.1, -0.05) is 26.0 Å². The van der Waals surface area contributed by atoms with Crippen LogP contribution >= 0.6 is 0 Å². The van der Waals surface area contributed by atoms with Crippen LogP contribution in [0.4, 0.5) is 11.4 Å². The number of hydrogen-bond donors (Lipinski definition) is 1. The Morgan fingerprint density at radius 2 is 1.82 bits per heavy atom. The van der Waals surface area contributed by atoms with Gasteiger partial charge >= 0.3 is 0 Å². The summed E-state index contributed by atoms with van der Waals surface area (Å²) in [5.74, 6) is 1.01. The molecule has 0 spiro atoms. The van der Waals surface area contributed by atoms with Gasteiger partial charge in [0, 0.05) is 24.3 Å². The van der Waals surface area contributed by atoms with E-state index in [0.717, 1.165) is 35.5 Å². The molecule has 0 radical (unpaired) electrons. The summed E-state index contributed by atoms with van der Waals surface area (Å²) in [7, 11) is 0. The highest BCUT2D eigenvalue weighted by Crippen LogP contribution is 2.28. The monoisotopic (exact) mass is 380 g/mol. The molecule has 0 saturated carbocycles. The van der Waals surface area contributed by atoms with E-state index in [-0.39, 0.29) is 11.8 Å². The van der Waals surface area contributed by atoms with E-state index in [9.17, 15) is 9.59 Å². The van der Waals surface area contributed by atoms with Crippen LogP contribution in [0.3, 0.4) is 0 Å². The van der Waals surface area contributed by atoms with Crippen LogP contribution in [0.5, 0.6) is 5.75 Å². The number of ether oxygens (including phenoxy) is 1. The molecule has 1 atom stereocenters. The Labute approximate surface area is 166 Å². The summed E-state index contributed by atoms with van der Waals surface area (Å²) in [6.07, 6.45) is 0.868. The van der Waals surface area contributed by atoms with Gasteiger partial charge in [-0.2, -0.15) is 0 Å². The van der Waals surface area contributed by atoms with E-state index in [0.29, 0.717) is 18.0 Å². The second kappa shape index (κ2) is 8.46. The highest BCUT2D eigenvalue weighted by Gasteiger charge is 2.22. The van der Waals surface area contributed by atoms with Crippen LogP contribution in [-0.4, -0.2) is 24.5 Å². The summed E-state index contributed by atoms with van der Waals surface area (Å²) >= 11 is 0. The predicted molar refractivity (Wildman–Crippen MR) is 112 cm³/mol. The van der Waals surface area contributed by atoms with Crippen LogP contribution in [0.1, 0.15) is 50.7 Å². The maximum absolute atomic E-state index is 12.6. The standard InChI is InChI=1S/C23H28N2O3/c1-15(2)20-12-7-16(3)14-21(20)28-17(4)23(27)24-18-8-10-19(11-9-18)25-13-5-6-22(25)26/h7-12,14-15,17H,5-6,13H2,1-4H3,(H,24,27)/t17-/m0/s1. The predicted octanol–water partition coefficient (Wildman–Crippen LogP) is 4.65. The zero-order valence-corrected chi connectivity index (χ0v) is 17.0. The van der Waals surface area contributed by atoms with Gasteiger partial charge in [-0.05, 0) is 67.6 Å². The van der Waals surface area contributed by atoms with E-state index in [1.807, 2.05) is 37.3 Å². The highest BCUT2D eigenvalue weighted by molar-refractivity contribution is 5.96. The number of anilines is 2. The van der Waals surface area contributed by atoms with Gasteiger partial charge in [-0.15, -0.1) is 0 Å². The fraction of sp³-hybridized carbons (Fsp3) is 0.391. The normalized spacial score (nSPS) is 15.0. The van der Waals surface area contributed by atoms with Gasteiger partial charge in [0.15, 0.2) is 6.10 Å². The van der Waals surface area contributed by atoms with Gasteiger partial charge in [-0.25, -0.2) is 0 Å². The minimum Gasteiger partial charge on any atom is -0.481 e. The fourth-order valence-electron chi connectivity index (χ4n) is 3.35. The summed E-state index contributed by atoms with van der Waals surface area (Å²) in [5, 5.41) is 2.89. The lowest BCUT2D eigenvalue weighted by atomic mass is 10.0. The molecule has 0 aliphatic carbocycles. The summed E-state index contributed by atoms with van der Waals surface area (Å²) in [6.45, 7) is 8.72. The first-order valence-electron chi connectivity index (χ1n) is 9.83. The number of rotatable bonds is 6. The molecule has 0 bridgehead atoms. The molecule has 1 aliphatic rings. The van der Waals surface area contributed by atoms with Gasteiger partial charge < -0.3 is 15.0 Å². The third-order valence-electron chi connectivity index (χ3n) is 4.98.